The summed E-state index contributed by atoms with van der Waals surface area (Å²) in [6, 6.07) is 6.46. The molecule has 0 atom stereocenters. The Kier molecular flexibility index (Phi) is 2.11. The third-order valence-corrected chi connectivity index (χ3v) is 1.44. The smallest absolute Gasteiger partial charge is 0.115 e. The highest BCUT2D eigenvalue weighted by Gasteiger charge is 1.95. The van der Waals surface area contributed by atoms with Gasteiger partial charge in [0.2, 0.25) is 0 Å². The van der Waals surface area contributed by atoms with Crippen LogP contribution >= 0.6 is 0 Å². The van der Waals surface area contributed by atoms with E-state index < -0.39 is 0 Å². The Balaban J connectivity index is 2.99. The minimum absolute atomic E-state index is 0.208. The number of phenolic OH excluding ortho intramolecular Hbond substituents is 1. The summed E-state index contributed by atoms with van der Waals surface area (Å²) < 4.78 is 0. The molecule has 1 aromatic carbocycles. The van der Waals surface area contributed by atoms with Crippen molar-refractivity contribution in [3.63, 3.8) is 0 Å². The lowest BCUT2D eigenvalue weighted by atomic mass is 10.1. The van der Waals surface area contributed by atoms with Gasteiger partial charge in [-0.15, -0.1) is 0 Å². The van der Waals surface area contributed by atoms with Crippen molar-refractivity contribution in [2.45, 2.75) is 6.92 Å². The SMILES string of the molecule is C/C(=N/O)c1ccc(O)cc1. The normalized spacial score (nSPS) is 11.5. The molecule has 3 nitrogen and oxygen atoms in total. The van der Waals surface area contributed by atoms with Gasteiger partial charge in [-0.05, 0) is 36.8 Å². The van der Waals surface area contributed by atoms with Gasteiger partial charge in [0.1, 0.15) is 5.75 Å². The van der Waals surface area contributed by atoms with Crippen molar-refractivity contribution in [1.29, 1.82) is 0 Å². The molecule has 0 aromatic heterocycles. The van der Waals surface area contributed by atoms with Gasteiger partial charge in [0.25, 0.3) is 0 Å². The zero-order valence-corrected chi connectivity index (χ0v) is 6.15. The van der Waals surface area contributed by atoms with E-state index in [-0.39, 0.29) is 5.75 Å². The summed E-state index contributed by atoms with van der Waals surface area (Å²) in [5.41, 5.74) is 1.33. The predicted molar refractivity (Wildman–Crippen MR) is 42.1 cm³/mol. The van der Waals surface area contributed by atoms with Crippen LogP contribution in [0.2, 0.25) is 0 Å². The summed E-state index contributed by atoms with van der Waals surface area (Å²) in [5, 5.41) is 20.3. The van der Waals surface area contributed by atoms with Crippen LogP contribution in [0.5, 0.6) is 5.75 Å². The molecule has 0 saturated carbocycles. The van der Waals surface area contributed by atoms with E-state index in [0.717, 1.165) is 5.56 Å². The van der Waals surface area contributed by atoms with Crippen molar-refractivity contribution >= 4 is 5.71 Å². The molecule has 1 rings (SSSR count). The number of aromatic hydroxyl groups is 1. The molecule has 0 heterocycles. The predicted octanol–water partition coefficient (Wildman–Crippen LogP) is 1.59. The van der Waals surface area contributed by atoms with Crippen molar-refractivity contribution in [3.8, 4) is 5.75 Å². The average molecular weight is 151 g/mol. The summed E-state index contributed by atoms with van der Waals surface area (Å²) in [4.78, 5) is 0. The second kappa shape index (κ2) is 3.05. The van der Waals surface area contributed by atoms with E-state index in [1.165, 1.54) is 0 Å². The molecule has 3 heteroatoms. The highest BCUT2D eigenvalue weighted by molar-refractivity contribution is 5.98. The van der Waals surface area contributed by atoms with E-state index in [0.29, 0.717) is 5.71 Å². The molecule has 0 spiro atoms. The fraction of sp³-hybridized carbons (Fsp3) is 0.125. The standard InChI is InChI=1S/C8H9NO2/c1-6(9-11)7-2-4-8(10)5-3-7/h2-5,10-11H,1H3/b9-6-. The number of hydrogen-bond donors (Lipinski definition) is 2. The monoisotopic (exact) mass is 151 g/mol. The van der Waals surface area contributed by atoms with Crippen LogP contribution in [-0.2, 0) is 0 Å². The first-order valence-electron chi connectivity index (χ1n) is 3.22. The summed E-state index contributed by atoms with van der Waals surface area (Å²) in [5.74, 6) is 0.208. The molecule has 0 fully saturated rings. The Morgan fingerprint density at radius 3 is 2.27 bits per heavy atom. The van der Waals surface area contributed by atoms with Crippen LogP contribution in [0.3, 0.4) is 0 Å². The number of oxime groups is 1. The van der Waals surface area contributed by atoms with Gasteiger partial charge in [-0.1, -0.05) is 5.16 Å². The largest absolute Gasteiger partial charge is 0.508 e. The Morgan fingerprint density at radius 2 is 1.82 bits per heavy atom. The fourth-order valence-electron chi connectivity index (χ4n) is 0.760. The maximum absolute atomic E-state index is 8.91. The minimum atomic E-state index is 0.208. The Bertz CT molecular complexity index is 264. The van der Waals surface area contributed by atoms with Gasteiger partial charge in [0, 0.05) is 0 Å². The van der Waals surface area contributed by atoms with E-state index in [9.17, 15) is 0 Å². The average Bonchev–Trinajstić information content (AvgIpc) is 2.05. The van der Waals surface area contributed by atoms with Crippen molar-refractivity contribution in [2.24, 2.45) is 5.16 Å². The van der Waals surface area contributed by atoms with Crippen LogP contribution in [-0.4, -0.2) is 16.0 Å². The van der Waals surface area contributed by atoms with Gasteiger partial charge in [-0.25, -0.2) is 0 Å². The maximum Gasteiger partial charge on any atom is 0.115 e. The van der Waals surface area contributed by atoms with Crippen LogP contribution in [0.25, 0.3) is 0 Å². The molecule has 0 amide bonds. The number of phenols is 1. The third-order valence-electron chi connectivity index (χ3n) is 1.44. The zero-order chi connectivity index (χ0) is 8.27. The number of hydrogen-bond acceptors (Lipinski definition) is 3. The Morgan fingerprint density at radius 1 is 1.27 bits per heavy atom. The quantitative estimate of drug-likeness (QED) is 0.364. The second-order valence-corrected chi connectivity index (χ2v) is 2.23. The van der Waals surface area contributed by atoms with Crippen LogP contribution in [0, 0.1) is 0 Å². The summed E-state index contributed by atoms with van der Waals surface area (Å²) >= 11 is 0. The van der Waals surface area contributed by atoms with Gasteiger partial charge in [0.15, 0.2) is 0 Å². The minimum Gasteiger partial charge on any atom is -0.508 e. The third kappa shape index (κ3) is 1.70. The summed E-state index contributed by atoms with van der Waals surface area (Å²) in [6.45, 7) is 1.69. The first-order chi connectivity index (χ1) is 5.24. The summed E-state index contributed by atoms with van der Waals surface area (Å²) in [7, 11) is 0. The lowest BCUT2D eigenvalue weighted by Crippen LogP contribution is -1.92. The summed E-state index contributed by atoms with van der Waals surface area (Å²) in [6.07, 6.45) is 0. The van der Waals surface area contributed by atoms with Gasteiger partial charge in [-0.2, -0.15) is 0 Å². The van der Waals surface area contributed by atoms with E-state index in [2.05, 4.69) is 5.16 Å². The van der Waals surface area contributed by atoms with Crippen molar-refractivity contribution < 1.29 is 10.3 Å². The first kappa shape index (κ1) is 7.60. The number of nitrogens with zero attached hydrogens (tertiary/aromatic N) is 1. The second-order valence-electron chi connectivity index (χ2n) is 2.23. The van der Waals surface area contributed by atoms with Gasteiger partial charge in [-0.3, -0.25) is 0 Å². The number of benzene rings is 1. The lowest BCUT2D eigenvalue weighted by molar-refractivity contribution is 0.319. The van der Waals surface area contributed by atoms with E-state index in [1.807, 2.05) is 0 Å². The fourth-order valence-corrected chi connectivity index (χ4v) is 0.760. The molecule has 0 saturated heterocycles. The van der Waals surface area contributed by atoms with Crippen LogP contribution < -0.4 is 0 Å². The zero-order valence-electron chi connectivity index (χ0n) is 6.15. The molecule has 0 aliphatic heterocycles. The maximum atomic E-state index is 8.91. The number of rotatable bonds is 1. The highest BCUT2D eigenvalue weighted by Crippen LogP contribution is 2.09. The van der Waals surface area contributed by atoms with E-state index >= 15 is 0 Å². The van der Waals surface area contributed by atoms with E-state index in [4.69, 9.17) is 10.3 Å². The molecule has 0 unspecified atom stereocenters. The molecule has 0 aliphatic rings. The highest BCUT2D eigenvalue weighted by atomic mass is 16.4. The van der Waals surface area contributed by atoms with Crippen molar-refractivity contribution in [1.82, 2.24) is 0 Å². The Hall–Kier alpha value is -1.51. The molecule has 2 N–H and O–H groups in total. The van der Waals surface area contributed by atoms with Crippen molar-refractivity contribution in [2.75, 3.05) is 0 Å². The molecular weight excluding hydrogens is 142 g/mol. The first-order valence-corrected chi connectivity index (χ1v) is 3.22. The molecule has 58 valence electrons. The van der Waals surface area contributed by atoms with Crippen LogP contribution in [0.4, 0.5) is 0 Å². The molecule has 0 bridgehead atoms. The molecule has 1 aromatic rings. The van der Waals surface area contributed by atoms with Gasteiger partial charge < -0.3 is 10.3 Å². The topological polar surface area (TPSA) is 52.8 Å². The Labute approximate surface area is 64.6 Å². The van der Waals surface area contributed by atoms with Crippen LogP contribution in [0.15, 0.2) is 29.4 Å². The van der Waals surface area contributed by atoms with Crippen LogP contribution in [0.1, 0.15) is 12.5 Å². The molecule has 0 aliphatic carbocycles. The van der Waals surface area contributed by atoms with Gasteiger partial charge in [0.05, 0.1) is 5.71 Å². The molecule has 11 heavy (non-hydrogen) atoms. The van der Waals surface area contributed by atoms with E-state index in [1.54, 1.807) is 31.2 Å². The van der Waals surface area contributed by atoms with Crippen molar-refractivity contribution in [3.05, 3.63) is 29.8 Å². The van der Waals surface area contributed by atoms with Gasteiger partial charge >= 0.3 is 0 Å². The molecular formula is C8H9NO2. The molecule has 0 radical (unpaired) electrons. The lowest BCUT2D eigenvalue weighted by Gasteiger charge is -1.96.